The molecule has 0 aliphatic heterocycles. The van der Waals surface area contributed by atoms with Gasteiger partial charge in [0.25, 0.3) is 0 Å². The molecule has 2 unspecified atom stereocenters. The molecular weight excluding hydrogens is 262 g/mol. The molecule has 2 aromatic rings. The van der Waals surface area contributed by atoms with Crippen molar-refractivity contribution in [1.82, 2.24) is 15.3 Å². The molecule has 0 spiro atoms. The van der Waals surface area contributed by atoms with Crippen LogP contribution in [0.5, 0.6) is 0 Å². The van der Waals surface area contributed by atoms with E-state index >= 15 is 0 Å². The van der Waals surface area contributed by atoms with Gasteiger partial charge in [0, 0.05) is 6.04 Å². The van der Waals surface area contributed by atoms with Crippen molar-refractivity contribution in [2.75, 3.05) is 6.54 Å². The van der Waals surface area contributed by atoms with Crippen LogP contribution in [0.1, 0.15) is 51.6 Å². The van der Waals surface area contributed by atoms with Crippen LogP contribution in [0.3, 0.4) is 0 Å². The predicted molar refractivity (Wildman–Crippen MR) is 86.5 cm³/mol. The molecule has 0 amide bonds. The molecule has 1 saturated carbocycles. The van der Waals surface area contributed by atoms with E-state index in [1.54, 1.807) is 0 Å². The first kappa shape index (κ1) is 14.4. The smallest absolute Gasteiger partial charge is 0.310 e. The lowest BCUT2D eigenvalue weighted by Gasteiger charge is -2.35. The van der Waals surface area contributed by atoms with Gasteiger partial charge in [-0.05, 0) is 48.4 Å². The quantitative estimate of drug-likeness (QED) is 0.807. The van der Waals surface area contributed by atoms with E-state index in [0.29, 0.717) is 17.4 Å². The number of H-pyrrole nitrogens is 2. The molecule has 4 heteroatoms. The van der Waals surface area contributed by atoms with Gasteiger partial charge in [-0.25, -0.2) is 4.79 Å². The van der Waals surface area contributed by atoms with Crippen molar-refractivity contribution >= 4 is 11.0 Å². The molecule has 0 bridgehead atoms. The molecule has 21 heavy (non-hydrogen) atoms. The van der Waals surface area contributed by atoms with Crippen LogP contribution < -0.4 is 11.0 Å². The standard InChI is InChI=1S/C17H25N3O/c1-4-18-15(12-6-5-9-17(12,2)3)11-7-8-13-14(10-11)20-16(21)19-13/h7-8,10,12,15,18H,4-6,9H2,1-3H3,(H2,19,20,21). The van der Waals surface area contributed by atoms with Crippen LogP contribution in [0.15, 0.2) is 23.0 Å². The van der Waals surface area contributed by atoms with Crippen LogP contribution in [-0.4, -0.2) is 16.5 Å². The number of hydrogen-bond acceptors (Lipinski definition) is 2. The third-order valence-corrected chi connectivity index (χ3v) is 5.07. The molecule has 2 atom stereocenters. The first-order valence-electron chi connectivity index (χ1n) is 7.96. The van der Waals surface area contributed by atoms with E-state index in [1.165, 1.54) is 24.8 Å². The van der Waals surface area contributed by atoms with Crippen molar-refractivity contribution in [2.45, 2.75) is 46.1 Å². The highest BCUT2D eigenvalue weighted by molar-refractivity contribution is 5.75. The zero-order valence-electron chi connectivity index (χ0n) is 13.1. The minimum Gasteiger partial charge on any atom is -0.310 e. The average Bonchev–Trinajstić information content (AvgIpc) is 2.96. The monoisotopic (exact) mass is 287 g/mol. The second-order valence-corrected chi connectivity index (χ2v) is 6.91. The van der Waals surface area contributed by atoms with Crippen LogP contribution in [0.25, 0.3) is 11.0 Å². The van der Waals surface area contributed by atoms with Gasteiger partial charge in [-0.2, -0.15) is 0 Å². The molecule has 3 N–H and O–H groups in total. The lowest BCUT2D eigenvalue weighted by atomic mass is 9.75. The van der Waals surface area contributed by atoms with Crippen molar-refractivity contribution < 1.29 is 0 Å². The summed E-state index contributed by atoms with van der Waals surface area (Å²) < 4.78 is 0. The Morgan fingerprint density at radius 1 is 1.33 bits per heavy atom. The summed E-state index contributed by atoms with van der Waals surface area (Å²) >= 11 is 0. The van der Waals surface area contributed by atoms with Crippen molar-refractivity contribution in [3.8, 4) is 0 Å². The summed E-state index contributed by atoms with van der Waals surface area (Å²) in [4.78, 5) is 17.1. The van der Waals surface area contributed by atoms with Crippen LogP contribution >= 0.6 is 0 Å². The Morgan fingerprint density at radius 3 is 2.76 bits per heavy atom. The predicted octanol–water partition coefficient (Wildman–Crippen LogP) is 3.33. The van der Waals surface area contributed by atoms with Gasteiger partial charge in [0.1, 0.15) is 0 Å². The summed E-state index contributed by atoms with van der Waals surface area (Å²) in [6.07, 6.45) is 3.87. The molecule has 0 radical (unpaired) electrons. The van der Waals surface area contributed by atoms with Crippen molar-refractivity contribution in [2.24, 2.45) is 11.3 Å². The Kier molecular flexibility index (Phi) is 3.66. The maximum Gasteiger partial charge on any atom is 0.323 e. The highest BCUT2D eigenvalue weighted by Gasteiger charge is 2.39. The van der Waals surface area contributed by atoms with Gasteiger partial charge in [-0.3, -0.25) is 0 Å². The molecule has 4 nitrogen and oxygen atoms in total. The highest BCUT2D eigenvalue weighted by Crippen LogP contribution is 2.48. The minimum atomic E-state index is -0.136. The Hall–Kier alpha value is -1.55. The summed E-state index contributed by atoms with van der Waals surface area (Å²) in [5.74, 6) is 0.639. The van der Waals surface area contributed by atoms with Gasteiger partial charge in [0.15, 0.2) is 0 Å². The summed E-state index contributed by atoms with van der Waals surface area (Å²) in [5, 5.41) is 3.67. The van der Waals surface area contributed by atoms with Gasteiger partial charge in [0.05, 0.1) is 11.0 Å². The Bertz CT molecular complexity index is 683. The summed E-state index contributed by atoms with van der Waals surface area (Å²) in [6.45, 7) is 7.88. The SMILES string of the molecule is CCNC(c1ccc2[nH]c(=O)[nH]c2c1)C1CCCC1(C)C. The summed E-state index contributed by atoms with van der Waals surface area (Å²) in [6, 6.07) is 6.63. The van der Waals surface area contributed by atoms with Crippen LogP contribution in [0.4, 0.5) is 0 Å². The van der Waals surface area contributed by atoms with Gasteiger partial charge >= 0.3 is 5.69 Å². The fraction of sp³-hybridized carbons (Fsp3) is 0.588. The first-order valence-corrected chi connectivity index (χ1v) is 7.96. The number of imidazole rings is 1. The molecule has 1 aromatic carbocycles. The Balaban J connectivity index is 2.00. The molecule has 114 valence electrons. The molecule has 1 fully saturated rings. The van der Waals surface area contributed by atoms with Gasteiger partial charge in [0.2, 0.25) is 0 Å². The third kappa shape index (κ3) is 2.64. The minimum absolute atomic E-state index is 0.136. The number of hydrogen-bond donors (Lipinski definition) is 3. The van der Waals surface area contributed by atoms with E-state index in [2.05, 4.69) is 48.2 Å². The summed E-state index contributed by atoms with van der Waals surface area (Å²) in [7, 11) is 0. The zero-order valence-corrected chi connectivity index (χ0v) is 13.1. The number of fused-ring (bicyclic) bond motifs is 1. The van der Waals surface area contributed by atoms with Gasteiger partial charge in [-0.15, -0.1) is 0 Å². The van der Waals surface area contributed by atoms with E-state index in [1.807, 2.05) is 6.07 Å². The van der Waals surface area contributed by atoms with E-state index in [0.717, 1.165) is 17.6 Å². The maximum atomic E-state index is 11.4. The Labute approximate surface area is 125 Å². The maximum absolute atomic E-state index is 11.4. The summed E-state index contributed by atoms with van der Waals surface area (Å²) in [5.41, 5.74) is 3.29. The van der Waals surface area contributed by atoms with Crippen LogP contribution in [0, 0.1) is 11.3 Å². The van der Waals surface area contributed by atoms with Gasteiger partial charge < -0.3 is 15.3 Å². The van der Waals surface area contributed by atoms with E-state index in [-0.39, 0.29) is 5.69 Å². The van der Waals surface area contributed by atoms with Crippen LogP contribution in [0.2, 0.25) is 0 Å². The van der Waals surface area contributed by atoms with Crippen molar-refractivity contribution in [3.63, 3.8) is 0 Å². The van der Waals surface area contributed by atoms with Crippen molar-refractivity contribution in [1.29, 1.82) is 0 Å². The largest absolute Gasteiger partial charge is 0.323 e. The second-order valence-electron chi connectivity index (χ2n) is 6.91. The topological polar surface area (TPSA) is 60.7 Å². The molecule has 0 saturated heterocycles. The lowest BCUT2D eigenvalue weighted by molar-refractivity contribution is 0.199. The number of rotatable bonds is 4. The normalized spacial score (nSPS) is 22.7. The number of aromatic nitrogens is 2. The zero-order chi connectivity index (χ0) is 15.0. The molecule has 1 aliphatic carbocycles. The fourth-order valence-corrected chi connectivity index (χ4v) is 3.93. The average molecular weight is 287 g/mol. The molecule has 1 heterocycles. The number of nitrogens with one attached hydrogen (secondary N) is 3. The second kappa shape index (κ2) is 5.34. The first-order chi connectivity index (χ1) is 10.0. The van der Waals surface area contributed by atoms with E-state index in [9.17, 15) is 4.79 Å². The van der Waals surface area contributed by atoms with Gasteiger partial charge in [-0.1, -0.05) is 33.3 Å². The number of aromatic amines is 2. The molecule has 1 aromatic heterocycles. The van der Waals surface area contributed by atoms with E-state index < -0.39 is 0 Å². The van der Waals surface area contributed by atoms with E-state index in [4.69, 9.17) is 0 Å². The fourth-order valence-electron chi connectivity index (χ4n) is 3.93. The number of benzene rings is 1. The Morgan fingerprint density at radius 2 is 2.10 bits per heavy atom. The molecule has 1 aliphatic rings. The lowest BCUT2D eigenvalue weighted by Crippen LogP contribution is -2.33. The molecule has 3 rings (SSSR count). The third-order valence-electron chi connectivity index (χ3n) is 5.07. The highest BCUT2D eigenvalue weighted by atomic mass is 16.1. The van der Waals surface area contributed by atoms with Crippen LogP contribution in [-0.2, 0) is 0 Å². The van der Waals surface area contributed by atoms with Crippen molar-refractivity contribution in [3.05, 3.63) is 34.2 Å². The molecular formula is C17H25N3O.